The molecule has 2 amide bonds. The number of ether oxygens (including phenoxy) is 1. The summed E-state index contributed by atoms with van der Waals surface area (Å²) >= 11 is 6.30. The summed E-state index contributed by atoms with van der Waals surface area (Å²) in [6.07, 6.45) is 5.86. The Morgan fingerprint density at radius 3 is 2.83 bits per heavy atom. The standard InChI is InChI=1S/C24H28ClN7O3/c1-17(33)30-10-11-32(22-14-21(25)28-24(29-22)31-9-8-26-16-31)19(15-30)13-23(34)27-7-6-18-4-3-5-20(12-18)35-2/h3-5,8-9,12,14,16,19H,6-7,10-11,13,15H2,1-2H3,(H,27,34). The van der Waals surface area contributed by atoms with E-state index in [4.69, 9.17) is 16.3 Å². The van der Waals surface area contributed by atoms with E-state index in [0.29, 0.717) is 44.4 Å². The van der Waals surface area contributed by atoms with Gasteiger partial charge < -0.3 is 19.9 Å². The topological polar surface area (TPSA) is 105 Å². The van der Waals surface area contributed by atoms with E-state index in [0.717, 1.165) is 11.3 Å². The molecule has 0 spiro atoms. The molecule has 1 saturated heterocycles. The third-order valence-electron chi connectivity index (χ3n) is 5.92. The van der Waals surface area contributed by atoms with Crippen LogP contribution in [-0.4, -0.2) is 75.6 Å². The molecule has 1 unspecified atom stereocenters. The van der Waals surface area contributed by atoms with Crippen LogP contribution in [0.15, 0.2) is 49.1 Å². The van der Waals surface area contributed by atoms with Crippen molar-refractivity contribution in [2.75, 3.05) is 38.2 Å². The van der Waals surface area contributed by atoms with Crippen LogP contribution in [0, 0.1) is 0 Å². The van der Waals surface area contributed by atoms with E-state index in [1.807, 2.05) is 29.2 Å². The number of piperazine rings is 1. The molecule has 0 radical (unpaired) electrons. The Balaban J connectivity index is 1.46. The molecule has 3 heterocycles. The smallest absolute Gasteiger partial charge is 0.238 e. The summed E-state index contributed by atoms with van der Waals surface area (Å²) in [7, 11) is 1.63. The predicted molar refractivity (Wildman–Crippen MR) is 132 cm³/mol. The highest BCUT2D eigenvalue weighted by molar-refractivity contribution is 6.29. The van der Waals surface area contributed by atoms with Gasteiger partial charge >= 0.3 is 0 Å². The van der Waals surface area contributed by atoms with E-state index < -0.39 is 0 Å². The molecule has 0 saturated carbocycles. The van der Waals surface area contributed by atoms with Crippen LogP contribution in [0.2, 0.25) is 5.15 Å². The summed E-state index contributed by atoms with van der Waals surface area (Å²) in [5.74, 6) is 1.66. The molecule has 1 aliphatic heterocycles. The number of aromatic nitrogens is 4. The minimum absolute atomic E-state index is 0.0205. The molecular weight excluding hydrogens is 470 g/mol. The zero-order chi connectivity index (χ0) is 24.8. The molecule has 35 heavy (non-hydrogen) atoms. The summed E-state index contributed by atoms with van der Waals surface area (Å²) in [6.45, 7) is 3.52. The van der Waals surface area contributed by atoms with Crippen LogP contribution in [0.25, 0.3) is 5.95 Å². The first-order valence-corrected chi connectivity index (χ1v) is 11.8. The van der Waals surface area contributed by atoms with Crippen LogP contribution in [0.4, 0.5) is 5.82 Å². The maximum absolute atomic E-state index is 12.9. The van der Waals surface area contributed by atoms with Gasteiger partial charge in [0.2, 0.25) is 17.8 Å². The molecule has 1 fully saturated rings. The van der Waals surface area contributed by atoms with Crippen LogP contribution in [0.5, 0.6) is 5.75 Å². The first kappa shape index (κ1) is 24.5. The van der Waals surface area contributed by atoms with E-state index >= 15 is 0 Å². The summed E-state index contributed by atoms with van der Waals surface area (Å²) in [6, 6.07) is 9.19. The van der Waals surface area contributed by atoms with Gasteiger partial charge in [-0.3, -0.25) is 14.2 Å². The fraction of sp³-hybridized carbons (Fsp3) is 0.375. The summed E-state index contributed by atoms with van der Waals surface area (Å²) in [4.78, 5) is 41.7. The molecule has 3 aromatic rings. The Bertz CT molecular complexity index is 1170. The molecule has 2 aromatic heterocycles. The van der Waals surface area contributed by atoms with Gasteiger partial charge in [0.05, 0.1) is 13.2 Å². The number of nitrogens with one attached hydrogen (secondary N) is 1. The van der Waals surface area contributed by atoms with Gasteiger partial charge in [0.25, 0.3) is 0 Å². The molecule has 0 aliphatic carbocycles. The van der Waals surface area contributed by atoms with Crippen molar-refractivity contribution >= 4 is 29.2 Å². The number of carbonyl (C=O) groups excluding carboxylic acids is 2. The van der Waals surface area contributed by atoms with Crippen molar-refractivity contribution in [3.05, 3.63) is 59.8 Å². The van der Waals surface area contributed by atoms with Crippen LogP contribution < -0.4 is 15.0 Å². The molecular formula is C24H28ClN7O3. The van der Waals surface area contributed by atoms with Crippen molar-refractivity contribution in [1.82, 2.24) is 29.7 Å². The monoisotopic (exact) mass is 497 g/mol. The van der Waals surface area contributed by atoms with Gasteiger partial charge in [0.1, 0.15) is 23.0 Å². The lowest BCUT2D eigenvalue weighted by atomic mass is 10.1. The van der Waals surface area contributed by atoms with E-state index in [1.165, 1.54) is 0 Å². The molecule has 1 atom stereocenters. The van der Waals surface area contributed by atoms with Gasteiger partial charge in [-0.25, -0.2) is 9.97 Å². The quantitative estimate of drug-likeness (QED) is 0.475. The molecule has 0 bridgehead atoms. The SMILES string of the molecule is COc1cccc(CCNC(=O)CC2CN(C(C)=O)CCN2c2cc(Cl)nc(-n3ccnc3)n2)c1. The third kappa shape index (κ3) is 6.27. The highest BCUT2D eigenvalue weighted by Crippen LogP contribution is 2.24. The molecule has 1 aromatic carbocycles. The maximum Gasteiger partial charge on any atom is 0.238 e. The third-order valence-corrected chi connectivity index (χ3v) is 6.11. The predicted octanol–water partition coefficient (Wildman–Crippen LogP) is 2.11. The van der Waals surface area contributed by atoms with Crippen molar-refractivity contribution in [2.45, 2.75) is 25.8 Å². The van der Waals surface area contributed by atoms with Crippen molar-refractivity contribution in [3.63, 3.8) is 0 Å². The van der Waals surface area contributed by atoms with Gasteiger partial charge in [-0.1, -0.05) is 23.7 Å². The Morgan fingerprint density at radius 1 is 1.23 bits per heavy atom. The number of hydrogen-bond donors (Lipinski definition) is 1. The van der Waals surface area contributed by atoms with Crippen molar-refractivity contribution in [3.8, 4) is 11.7 Å². The first-order chi connectivity index (χ1) is 16.9. The molecule has 1 aliphatic rings. The van der Waals surface area contributed by atoms with Gasteiger partial charge in [-0.05, 0) is 24.1 Å². The van der Waals surface area contributed by atoms with Gasteiger partial charge in [0.15, 0.2) is 0 Å². The highest BCUT2D eigenvalue weighted by Gasteiger charge is 2.31. The lowest BCUT2D eigenvalue weighted by Gasteiger charge is -2.41. The van der Waals surface area contributed by atoms with E-state index in [9.17, 15) is 9.59 Å². The number of imidazole rings is 1. The number of methoxy groups -OCH3 is 1. The number of carbonyl (C=O) groups is 2. The molecule has 10 nitrogen and oxygen atoms in total. The van der Waals surface area contributed by atoms with Crippen LogP contribution in [0.3, 0.4) is 0 Å². The Hall–Kier alpha value is -3.66. The van der Waals surface area contributed by atoms with Crippen molar-refractivity contribution < 1.29 is 14.3 Å². The minimum atomic E-state index is -0.258. The van der Waals surface area contributed by atoms with E-state index in [1.54, 1.807) is 48.3 Å². The zero-order valence-corrected chi connectivity index (χ0v) is 20.5. The van der Waals surface area contributed by atoms with Crippen LogP contribution >= 0.6 is 11.6 Å². The zero-order valence-electron chi connectivity index (χ0n) is 19.7. The second kappa shape index (κ2) is 11.2. The maximum atomic E-state index is 12.9. The second-order valence-electron chi connectivity index (χ2n) is 8.29. The van der Waals surface area contributed by atoms with E-state index in [2.05, 4.69) is 20.3 Å². The average Bonchev–Trinajstić information content (AvgIpc) is 3.39. The Kier molecular flexibility index (Phi) is 7.81. The van der Waals surface area contributed by atoms with Crippen LogP contribution in [-0.2, 0) is 16.0 Å². The fourth-order valence-corrected chi connectivity index (χ4v) is 4.29. The van der Waals surface area contributed by atoms with Crippen LogP contribution in [0.1, 0.15) is 18.9 Å². The number of amides is 2. The molecule has 11 heteroatoms. The number of hydrogen-bond acceptors (Lipinski definition) is 7. The van der Waals surface area contributed by atoms with Gasteiger partial charge in [0, 0.05) is 58.0 Å². The lowest BCUT2D eigenvalue weighted by Crippen LogP contribution is -2.56. The van der Waals surface area contributed by atoms with E-state index in [-0.39, 0.29) is 29.4 Å². The summed E-state index contributed by atoms with van der Waals surface area (Å²) in [5, 5.41) is 3.28. The second-order valence-corrected chi connectivity index (χ2v) is 8.67. The number of rotatable bonds is 8. The summed E-state index contributed by atoms with van der Waals surface area (Å²) in [5.41, 5.74) is 1.08. The number of anilines is 1. The van der Waals surface area contributed by atoms with Gasteiger partial charge in [-0.15, -0.1) is 0 Å². The fourth-order valence-electron chi connectivity index (χ4n) is 4.11. The lowest BCUT2D eigenvalue weighted by molar-refractivity contribution is -0.130. The number of benzene rings is 1. The average molecular weight is 498 g/mol. The molecule has 184 valence electrons. The molecule has 4 rings (SSSR count). The van der Waals surface area contributed by atoms with Crippen molar-refractivity contribution in [1.29, 1.82) is 0 Å². The van der Waals surface area contributed by atoms with Gasteiger partial charge in [-0.2, -0.15) is 4.98 Å². The minimum Gasteiger partial charge on any atom is -0.497 e. The number of nitrogens with zero attached hydrogens (tertiary/aromatic N) is 6. The van der Waals surface area contributed by atoms with Crippen molar-refractivity contribution in [2.24, 2.45) is 0 Å². The first-order valence-electron chi connectivity index (χ1n) is 11.4. The Labute approximate surface area is 208 Å². The Morgan fingerprint density at radius 2 is 2.09 bits per heavy atom. The number of halogens is 1. The normalized spacial score (nSPS) is 15.7. The summed E-state index contributed by atoms with van der Waals surface area (Å²) < 4.78 is 6.92. The molecule has 1 N–H and O–H groups in total. The largest absolute Gasteiger partial charge is 0.497 e. The highest BCUT2D eigenvalue weighted by atomic mass is 35.5.